The molecule has 1 aromatic heterocycles. The zero-order valence-electron chi connectivity index (χ0n) is 10.9. The van der Waals surface area contributed by atoms with Crippen LogP contribution >= 0.6 is 11.6 Å². The van der Waals surface area contributed by atoms with Crippen molar-refractivity contribution in [2.75, 3.05) is 5.32 Å². The summed E-state index contributed by atoms with van der Waals surface area (Å²) in [6, 6.07) is 3.29. The minimum Gasteiger partial charge on any atom is -0.478 e. The van der Waals surface area contributed by atoms with Crippen LogP contribution in [0.5, 0.6) is 0 Å². The highest BCUT2D eigenvalue weighted by atomic mass is 35.5. The third-order valence-electron chi connectivity index (χ3n) is 3.50. The molecule has 1 fully saturated rings. The van der Waals surface area contributed by atoms with Gasteiger partial charge in [-0.2, -0.15) is 0 Å². The number of carboxylic acid groups (broad SMARTS) is 1. The Hall–Kier alpha value is -1.29. The molecule has 0 atom stereocenters. The lowest BCUT2D eigenvalue weighted by atomic mass is 9.97. The van der Waals surface area contributed by atoms with Crippen molar-refractivity contribution in [3.63, 3.8) is 0 Å². The van der Waals surface area contributed by atoms with Crippen LogP contribution < -0.4 is 5.32 Å². The number of carbonyl (C=O) groups is 1. The van der Waals surface area contributed by atoms with E-state index in [9.17, 15) is 4.79 Å². The Labute approximate surface area is 118 Å². The molecule has 19 heavy (non-hydrogen) atoms. The molecule has 0 unspecified atom stereocenters. The quantitative estimate of drug-likeness (QED) is 0.824. The Balaban J connectivity index is 2.06. The van der Waals surface area contributed by atoms with E-state index in [2.05, 4.69) is 10.3 Å². The molecule has 0 saturated heterocycles. The summed E-state index contributed by atoms with van der Waals surface area (Å²) in [5.41, 5.74) is 0.174. The van der Waals surface area contributed by atoms with Crippen LogP contribution in [-0.2, 0) is 0 Å². The molecule has 1 aliphatic carbocycles. The maximum atomic E-state index is 11.0. The van der Waals surface area contributed by atoms with Gasteiger partial charge in [-0.1, -0.05) is 43.7 Å². The molecule has 0 aliphatic heterocycles. The Kier molecular flexibility index (Phi) is 5.02. The highest BCUT2D eigenvalue weighted by molar-refractivity contribution is 6.29. The lowest BCUT2D eigenvalue weighted by Crippen LogP contribution is -2.21. The maximum Gasteiger partial charge on any atom is 0.335 e. The number of aromatic carboxylic acids is 1. The second-order valence-electron chi connectivity index (χ2n) is 5.06. The second-order valence-corrected chi connectivity index (χ2v) is 5.44. The molecule has 0 radical (unpaired) electrons. The monoisotopic (exact) mass is 282 g/mol. The molecule has 1 saturated carbocycles. The van der Waals surface area contributed by atoms with Crippen LogP contribution in [0.15, 0.2) is 12.1 Å². The first-order valence-corrected chi connectivity index (χ1v) is 7.20. The summed E-state index contributed by atoms with van der Waals surface area (Å²) in [4.78, 5) is 15.1. The number of halogens is 1. The van der Waals surface area contributed by atoms with Crippen LogP contribution in [0.25, 0.3) is 0 Å². The Bertz CT molecular complexity index is 443. The number of hydrogen-bond donors (Lipinski definition) is 2. The summed E-state index contributed by atoms with van der Waals surface area (Å²) in [7, 11) is 0. The summed E-state index contributed by atoms with van der Waals surface area (Å²) < 4.78 is 0. The van der Waals surface area contributed by atoms with E-state index in [1.54, 1.807) is 6.07 Å². The molecular formula is C14H19ClN2O2. The number of anilines is 1. The first-order chi connectivity index (χ1) is 9.15. The fraction of sp³-hybridized carbons (Fsp3) is 0.571. The van der Waals surface area contributed by atoms with Crippen LogP contribution in [0.2, 0.25) is 5.15 Å². The molecule has 0 spiro atoms. The van der Waals surface area contributed by atoms with Crippen LogP contribution in [-0.4, -0.2) is 22.1 Å². The summed E-state index contributed by atoms with van der Waals surface area (Å²) in [5.74, 6) is -0.416. The SMILES string of the molecule is O=C(O)c1cc(Cl)nc(NC2CCCCCCC2)c1. The number of nitrogens with one attached hydrogen (secondary N) is 1. The third kappa shape index (κ3) is 4.39. The minimum atomic E-state index is -0.981. The number of pyridine rings is 1. The summed E-state index contributed by atoms with van der Waals surface area (Å²) in [5, 5.41) is 12.5. The van der Waals surface area contributed by atoms with E-state index in [-0.39, 0.29) is 10.7 Å². The molecule has 104 valence electrons. The standard InChI is InChI=1S/C14H19ClN2O2/c15-12-8-10(14(18)19)9-13(17-12)16-11-6-4-2-1-3-5-7-11/h8-9,11H,1-7H2,(H,16,17)(H,18,19). The average Bonchev–Trinajstić information content (AvgIpc) is 2.31. The smallest absolute Gasteiger partial charge is 0.335 e. The van der Waals surface area contributed by atoms with Gasteiger partial charge in [0.1, 0.15) is 11.0 Å². The van der Waals surface area contributed by atoms with Gasteiger partial charge in [-0.3, -0.25) is 0 Å². The first-order valence-electron chi connectivity index (χ1n) is 6.82. The molecule has 2 N–H and O–H groups in total. The topological polar surface area (TPSA) is 62.2 Å². The molecule has 0 aromatic carbocycles. The van der Waals surface area contributed by atoms with Gasteiger partial charge in [0.15, 0.2) is 0 Å². The summed E-state index contributed by atoms with van der Waals surface area (Å²) >= 11 is 5.86. The van der Waals surface area contributed by atoms with Crippen molar-refractivity contribution in [1.82, 2.24) is 4.98 Å². The van der Waals surface area contributed by atoms with Crippen molar-refractivity contribution in [2.45, 2.75) is 51.0 Å². The molecule has 1 heterocycles. The second kappa shape index (κ2) is 6.75. The summed E-state index contributed by atoms with van der Waals surface area (Å²) in [6.45, 7) is 0. The van der Waals surface area contributed by atoms with E-state index in [4.69, 9.17) is 16.7 Å². The van der Waals surface area contributed by atoms with E-state index in [0.717, 1.165) is 12.8 Å². The lowest BCUT2D eigenvalue weighted by molar-refractivity contribution is 0.0697. The molecule has 5 heteroatoms. The number of hydrogen-bond acceptors (Lipinski definition) is 3. The largest absolute Gasteiger partial charge is 0.478 e. The molecular weight excluding hydrogens is 264 g/mol. The Morgan fingerprint density at radius 2 is 1.84 bits per heavy atom. The normalized spacial score (nSPS) is 17.5. The fourth-order valence-electron chi connectivity index (χ4n) is 2.50. The number of nitrogens with zero attached hydrogens (tertiary/aromatic N) is 1. The van der Waals surface area contributed by atoms with E-state index in [0.29, 0.717) is 11.9 Å². The zero-order chi connectivity index (χ0) is 13.7. The van der Waals surface area contributed by atoms with Crippen LogP contribution in [0.3, 0.4) is 0 Å². The lowest BCUT2D eigenvalue weighted by Gasteiger charge is -2.21. The van der Waals surface area contributed by atoms with Gasteiger partial charge in [0.05, 0.1) is 5.56 Å². The van der Waals surface area contributed by atoms with Crippen molar-refractivity contribution < 1.29 is 9.90 Å². The highest BCUT2D eigenvalue weighted by Gasteiger charge is 2.13. The highest BCUT2D eigenvalue weighted by Crippen LogP contribution is 2.21. The average molecular weight is 283 g/mol. The first kappa shape index (κ1) is 14.1. The van der Waals surface area contributed by atoms with Gasteiger partial charge in [-0.25, -0.2) is 9.78 Å². The van der Waals surface area contributed by atoms with E-state index < -0.39 is 5.97 Å². The number of carboxylic acids is 1. The van der Waals surface area contributed by atoms with Crippen molar-refractivity contribution in [2.24, 2.45) is 0 Å². The number of aromatic nitrogens is 1. The van der Waals surface area contributed by atoms with Crippen molar-refractivity contribution in [1.29, 1.82) is 0 Å². The van der Waals surface area contributed by atoms with Gasteiger partial charge in [-0.15, -0.1) is 0 Å². The van der Waals surface area contributed by atoms with Crippen molar-refractivity contribution in [3.05, 3.63) is 22.8 Å². The zero-order valence-corrected chi connectivity index (χ0v) is 11.6. The van der Waals surface area contributed by atoms with Crippen LogP contribution in [0.1, 0.15) is 55.3 Å². The van der Waals surface area contributed by atoms with Crippen LogP contribution in [0.4, 0.5) is 5.82 Å². The molecule has 1 aromatic rings. The van der Waals surface area contributed by atoms with E-state index >= 15 is 0 Å². The van der Waals surface area contributed by atoms with Gasteiger partial charge in [0.25, 0.3) is 0 Å². The van der Waals surface area contributed by atoms with Crippen LogP contribution in [0, 0.1) is 0 Å². The minimum absolute atomic E-state index is 0.174. The van der Waals surface area contributed by atoms with E-state index in [1.807, 2.05) is 0 Å². The van der Waals surface area contributed by atoms with Gasteiger partial charge in [-0.05, 0) is 25.0 Å². The molecule has 0 amide bonds. The van der Waals surface area contributed by atoms with Crippen molar-refractivity contribution >= 4 is 23.4 Å². The molecule has 4 nitrogen and oxygen atoms in total. The maximum absolute atomic E-state index is 11.0. The summed E-state index contributed by atoms with van der Waals surface area (Å²) in [6.07, 6.45) is 8.52. The van der Waals surface area contributed by atoms with Crippen molar-refractivity contribution in [3.8, 4) is 0 Å². The number of rotatable bonds is 3. The van der Waals surface area contributed by atoms with Gasteiger partial charge >= 0.3 is 5.97 Å². The third-order valence-corrected chi connectivity index (χ3v) is 3.69. The Morgan fingerprint density at radius 3 is 2.47 bits per heavy atom. The predicted molar refractivity (Wildman–Crippen MR) is 75.9 cm³/mol. The predicted octanol–water partition coefficient (Wildman–Crippen LogP) is 3.96. The Morgan fingerprint density at radius 1 is 1.21 bits per heavy atom. The fourth-order valence-corrected chi connectivity index (χ4v) is 2.71. The van der Waals surface area contributed by atoms with E-state index in [1.165, 1.54) is 38.2 Å². The molecule has 0 bridgehead atoms. The van der Waals surface area contributed by atoms with Gasteiger partial charge in [0, 0.05) is 6.04 Å². The molecule has 2 rings (SSSR count). The van der Waals surface area contributed by atoms with Gasteiger partial charge < -0.3 is 10.4 Å². The van der Waals surface area contributed by atoms with Gasteiger partial charge in [0.2, 0.25) is 0 Å². The molecule has 1 aliphatic rings.